The molecule has 6 heteroatoms. The maximum Gasteiger partial charge on any atom is 0.221 e. The van der Waals surface area contributed by atoms with Gasteiger partial charge < -0.3 is 20.1 Å². The Morgan fingerprint density at radius 3 is 2.79 bits per heavy atom. The molecule has 1 amide bonds. The molecule has 0 atom stereocenters. The van der Waals surface area contributed by atoms with E-state index in [1.54, 1.807) is 20.4 Å². The third-order valence-corrected chi connectivity index (χ3v) is 2.49. The highest BCUT2D eigenvalue weighted by Crippen LogP contribution is 2.05. The Balaban J connectivity index is 2.11. The zero-order valence-electron chi connectivity index (χ0n) is 11.4. The van der Waals surface area contributed by atoms with Crippen molar-refractivity contribution in [3.63, 3.8) is 0 Å². The smallest absolute Gasteiger partial charge is 0.221 e. The van der Waals surface area contributed by atoms with Crippen LogP contribution in [0.15, 0.2) is 18.3 Å². The molecule has 1 aromatic heterocycles. The molecule has 1 aromatic rings. The number of pyridine rings is 1. The molecule has 0 aliphatic heterocycles. The number of amides is 1. The highest BCUT2D eigenvalue weighted by Gasteiger charge is 2.00. The monoisotopic (exact) mass is 267 g/mol. The Morgan fingerprint density at radius 2 is 2.16 bits per heavy atom. The van der Waals surface area contributed by atoms with Gasteiger partial charge >= 0.3 is 0 Å². The fourth-order valence-electron chi connectivity index (χ4n) is 1.45. The van der Waals surface area contributed by atoms with E-state index in [-0.39, 0.29) is 5.91 Å². The van der Waals surface area contributed by atoms with Crippen LogP contribution in [0.5, 0.6) is 5.88 Å². The van der Waals surface area contributed by atoms with E-state index in [1.165, 1.54) is 0 Å². The first-order valence-corrected chi connectivity index (χ1v) is 6.21. The summed E-state index contributed by atoms with van der Waals surface area (Å²) >= 11 is 0. The summed E-state index contributed by atoms with van der Waals surface area (Å²) in [6.45, 7) is 2.40. The zero-order chi connectivity index (χ0) is 13.9. The van der Waals surface area contributed by atoms with Crippen molar-refractivity contribution in [3.8, 4) is 5.88 Å². The highest BCUT2D eigenvalue weighted by molar-refractivity contribution is 5.75. The number of hydrogen-bond acceptors (Lipinski definition) is 5. The summed E-state index contributed by atoms with van der Waals surface area (Å²) in [6, 6.07) is 3.76. The number of rotatable bonds is 9. The maximum absolute atomic E-state index is 11.4. The van der Waals surface area contributed by atoms with Gasteiger partial charge in [-0.05, 0) is 5.56 Å². The molecule has 0 saturated heterocycles. The summed E-state index contributed by atoms with van der Waals surface area (Å²) in [5.41, 5.74) is 1.06. The molecular formula is C13H21N3O3. The lowest BCUT2D eigenvalue weighted by atomic mass is 10.3. The van der Waals surface area contributed by atoms with E-state index >= 15 is 0 Å². The summed E-state index contributed by atoms with van der Waals surface area (Å²) in [4.78, 5) is 15.5. The standard InChI is InChI=1S/C13H21N3O3/c1-18-8-7-15-12(17)5-6-14-9-11-3-4-13(19-2)16-10-11/h3-4,10,14H,5-9H2,1-2H3,(H,15,17). The van der Waals surface area contributed by atoms with Crippen LogP contribution >= 0.6 is 0 Å². The molecule has 0 unspecified atom stereocenters. The van der Waals surface area contributed by atoms with Gasteiger partial charge in [0.05, 0.1) is 13.7 Å². The minimum Gasteiger partial charge on any atom is -0.481 e. The third kappa shape index (κ3) is 6.73. The number of hydrogen-bond donors (Lipinski definition) is 2. The third-order valence-electron chi connectivity index (χ3n) is 2.49. The van der Waals surface area contributed by atoms with Crippen LogP contribution in [-0.4, -0.2) is 44.8 Å². The molecule has 1 heterocycles. The van der Waals surface area contributed by atoms with Crippen LogP contribution in [0.25, 0.3) is 0 Å². The molecule has 2 N–H and O–H groups in total. The van der Waals surface area contributed by atoms with Crippen LogP contribution in [0.2, 0.25) is 0 Å². The normalized spacial score (nSPS) is 10.2. The Morgan fingerprint density at radius 1 is 1.32 bits per heavy atom. The molecule has 0 aromatic carbocycles. The van der Waals surface area contributed by atoms with E-state index in [1.807, 2.05) is 12.1 Å². The van der Waals surface area contributed by atoms with Gasteiger partial charge in [-0.25, -0.2) is 4.98 Å². The summed E-state index contributed by atoms with van der Waals surface area (Å²) in [5.74, 6) is 0.624. The van der Waals surface area contributed by atoms with Crippen LogP contribution < -0.4 is 15.4 Å². The van der Waals surface area contributed by atoms with E-state index in [9.17, 15) is 4.79 Å². The van der Waals surface area contributed by atoms with E-state index in [4.69, 9.17) is 9.47 Å². The van der Waals surface area contributed by atoms with Crippen LogP contribution in [0.1, 0.15) is 12.0 Å². The van der Waals surface area contributed by atoms with Crippen LogP contribution in [0, 0.1) is 0 Å². The Kier molecular flexibility index (Phi) is 7.53. The molecule has 1 rings (SSSR count). The van der Waals surface area contributed by atoms with E-state index in [0.29, 0.717) is 38.5 Å². The van der Waals surface area contributed by atoms with E-state index in [0.717, 1.165) is 5.56 Å². The minimum atomic E-state index is 0.0254. The van der Waals surface area contributed by atoms with Gasteiger partial charge in [0.15, 0.2) is 0 Å². The van der Waals surface area contributed by atoms with E-state index in [2.05, 4.69) is 15.6 Å². The van der Waals surface area contributed by atoms with Gasteiger partial charge in [0.1, 0.15) is 0 Å². The molecule has 0 aliphatic carbocycles. The molecule has 6 nitrogen and oxygen atoms in total. The van der Waals surface area contributed by atoms with Gasteiger partial charge in [-0.2, -0.15) is 0 Å². The van der Waals surface area contributed by atoms with Crippen molar-refractivity contribution in [1.29, 1.82) is 0 Å². The zero-order valence-corrected chi connectivity index (χ0v) is 11.4. The predicted molar refractivity (Wildman–Crippen MR) is 72.0 cm³/mol. The van der Waals surface area contributed by atoms with E-state index < -0.39 is 0 Å². The highest BCUT2D eigenvalue weighted by atomic mass is 16.5. The van der Waals surface area contributed by atoms with Crippen LogP contribution in [0.4, 0.5) is 0 Å². The summed E-state index contributed by atoms with van der Waals surface area (Å²) < 4.78 is 9.83. The van der Waals surface area contributed by atoms with Crippen molar-refractivity contribution in [3.05, 3.63) is 23.9 Å². The summed E-state index contributed by atoms with van der Waals surface area (Å²) in [5, 5.41) is 5.95. The average molecular weight is 267 g/mol. The number of carbonyl (C=O) groups is 1. The molecule has 106 valence electrons. The quantitative estimate of drug-likeness (QED) is 0.631. The second-order valence-corrected chi connectivity index (χ2v) is 3.98. The number of nitrogens with one attached hydrogen (secondary N) is 2. The van der Waals surface area contributed by atoms with Crippen LogP contribution in [-0.2, 0) is 16.1 Å². The van der Waals surface area contributed by atoms with Gasteiger partial charge in [0.2, 0.25) is 11.8 Å². The molecule has 0 radical (unpaired) electrons. The lowest BCUT2D eigenvalue weighted by Gasteiger charge is -2.06. The Hall–Kier alpha value is -1.66. The van der Waals surface area contributed by atoms with Gasteiger partial charge in [0.25, 0.3) is 0 Å². The summed E-state index contributed by atoms with van der Waals surface area (Å²) in [7, 11) is 3.19. The number of methoxy groups -OCH3 is 2. The van der Waals surface area contributed by atoms with Crippen molar-refractivity contribution in [1.82, 2.24) is 15.6 Å². The molecule has 19 heavy (non-hydrogen) atoms. The first-order chi connectivity index (χ1) is 9.26. The van der Waals surface area contributed by atoms with Crippen LogP contribution in [0.3, 0.4) is 0 Å². The lowest BCUT2D eigenvalue weighted by molar-refractivity contribution is -0.121. The van der Waals surface area contributed by atoms with Gasteiger partial charge in [-0.1, -0.05) is 6.07 Å². The van der Waals surface area contributed by atoms with Crippen molar-refractivity contribution >= 4 is 5.91 Å². The molecule has 0 spiro atoms. The largest absolute Gasteiger partial charge is 0.481 e. The molecule has 0 saturated carbocycles. The fraction of sp³-hybridized carbons (Fsp3) is 0.538. The first-order valence-electron chi connectivity index (χ1n) is 6.21. The fourth-order valence-corrected chi connectivity index (χ4v) is 1.45. The van der Waals surface area contributed by atoms with Crippen molar-refractivity contribution < 1.29 is 14.3 Å². The number of ether oxygens (including phenoxy) is 2. The lowest BCUT2D eigenvalue weighted by Crippen LogP contribution is -2.29. The minimum absolute atomic E-state index is 0.0254. The average Bonchev–Trinajstić information content (AvgIpc) is 2.44. The maximum atomic E-state index is 11.4. The van der Waals surface area contributed by atoms with Gasteiger partial charge in [-0.15, -0.1) is 0 Å². The molecular weight excluding hydrogens is 246 g/mol. The van der Waals surface area contributed by atoms with Gasteiger partial charge in [0, 0.05) is 45.4 Å². The first kappa shape index (κ1) is 15.4. The Bertz CT molecular complexity index is 368. The molecule has 0 fully saturated rings. The Labute approximate surface area is 113 Å². The molecule has 0 bridgehead atoms. The van der Waals surface area contributed by atoms with Gasteiger partial charge in [-0.3, -0.25) is 4.79 Å². The second kappa shape index (κ2) is 9.29. The number of carbonyl (C=O) groups excluding carboxylic acids is 1. The molecule has 0 aliphatic rings. The van der Waals surface area contributed by atoms with Crippen molar-refractivity contribution in [2.45, 2.75) is 13.0 Å². The number of nitrogens with zero attached hydrogens (tertiary/aromatic N) is 1. The predicted octanol–water partition coefficient (Wildman–Crippen LogP) is 0.333. The van der Waals surface area contributed by atoms with Crippen molar-refractivity contribution in [2.24, 2.45) is 0 Å². The summed E-state index contributed by atoms with van der Waals surface area (Å²) in [6.07, 6.45) is 2.21. The second-order valence-electron chi connectivity index (χ2n) is 3.98. The van der Waals surface area contributed by atoms with Crippen molar-refractivity contribution in [2.75, 3.05) is 33.9 Å². The number of aromatic nitrogens is 1. The SMILES string of the molecule is COCCNC(=O)CCNCc1ccc(OC)nc1. The topological polar surface area (TPSA) is 72.5 Å².